The van der Waals surface area contributed by atoms with Crippen molar-refractivity contribution in [1.82, 2.24) is 9.97 Å². The molecule has 3 nitrogen and oxygen atoms in total. The van der Waals surface area contributed by atoms with E-state index in [1.165, 1.54) is 0 Å². The van der Waals surface area contributed by atoms with E-state index in [0.29, 0.717) is 33.1 Å². The standard InChI is InChI=1S/C50H32N2O/c1-4-13-34(14-5-1)45-46(50(39-17-8-3-9-18-39)53-49(45)38-15-6-2-7-16-38)35-24-22-33(23-25-35)40-29-30-43(42-21-11-10-20-41(40)42)44-31-28-37-27-26-36-19-12-32-51-47(36)48(37)52-44/h1-32H/i1D,2D,3D,4D,5D,6D,7D,8D,9D,13D,14D,15D,16D,17D,18D,22D,23D,24D,25D. The number of benzene rings is 7. The Morgan fingerprint density at radius 3 is 1.57 bits per heavy atom. The average molecular weight is 696 g/mol. The van der Waals surface area contributed by atoms with Crippen LogP contribution in [0.3, 0.4) is 0 Å². The zero-order chi connectivity index (χ0) is 51.7. The summed E-state index contributed by atoms with van der Waals surface area (Å²) in [4.78, 5) is 9.60. The van der Waals surface area contributed by atoms with Crippen LogP contribution in [0.5, 0.6) is 0 Å². The Kier molecular flexibility index (Phi) is 4.12. The number of rotatable bonds is 6. The predicted octanol–water partition coefficient (Wildman–Crippen LogP) is 13.5. The number of furan rings is 1. The molecule has 0 fully saturated rings. The number of aromatic nitrogens is 2. The van der Waals surface area contributed by atoms with Gasteiger partial charge >= 0.3 is 0 Å². The first kappa shape index (κ1) is 16.9. The van der Waals surface area contributed by atoms with Crippen molar-refractivity contribution in [2.75, 3.05) is 0 Å². The van der Waals surface area contributed by atoms with Gasteiger partial charge in [-0.05, 0) is 45.2 Å². The molecule has 0 saturated carbocycles. The van der Waals surface area contributed by atoms with Crippen LogP contribution in [0.15, 0.2) is 198 Å². The fourth-order valence-corrected chi connectivity index (χ4v) is 6.55. The fourth-order valence-electron chi connectivity index (χ4n) is 6.55. The summed E-state index contributed by atoms with van der Waals surface area (Å²) in [6.07, 6.45) is 1.68. The van der Waals surface area contributed by atoms with Crippen molar-refractivity contribution < 1.29 is 30.5 Å². The van der Waals surface area contributed by atoms with Crippen LogP contribution in [0.25, 0.3) is 99.9 Å². The summed E-state index contributed by atoms with van der Waals surface area (Å²) < 4.78 is 176. The molecule has 3 heteroatoms. The lowest BCUT2D eigenvalue weighted by atomic mass is 9.89. The summed E-state index contributed by atoms with van der Waals surface area (Å²) in [5.74, 6) is -1.64. The first-order valence-electron chi connectivity index (χ1n) is 25.9. The molecule has 248 valence electrons. The molecule has 0 aliphatic rings. The zero-order valence-corrected chi connectivity index (χ0v) is 27.3. The maximum Gasteiger partial charge on any atom is 0.143 e. The third kappa shape index (κ3) is 5.38. The van der Waals surface area contributed by atoms with E-state index in [1.54, 1.807) is 36.5 Å². The maximum absolute atomic E-state index is 9.75. The van der Waals surface area contributed by atoms with Gasteiger partial charge in [0.1, 0.15) is 11.5 Å². The van der Waals surface area contributed by atoms with E-state index in [-0.39, 0.29) is 11.1 Å². The highest BCUT2D eigenvalue weighted by molar-refractivity contribution is 6.07. The van der Waals surface area contributed by atoms with E-state index in [9.17, 15) is 5.48 Å². The second-order valence-corrected chi connectivity index (χ2v) is 11.9. The van der Waals surface area contributed by atoms with Crippen LogP contribution in [0, 0.1) is 0 Å². The van der Waals surface area contributed by atoms with Gasteiger partial charge in [-0.2, -0.15) is 0 Å². The van der Waals surface area contributed by atoms with E-state index in [1.807, 2.05) is 42.5 Å². The van der Waals surface area contributed by atoms with Gasteiger partial charge in [0.25, 0.3) is 0 Å². The van der Waals surface area contributed by atoms with Gasteiger partial charge in [0.05, 0.1) is 42.8 Å². The van der Waals surface area contributed by atoms with Crippen molar-refractivity contribution in [2.45, 2.75) is 0 Å². The van der Waals surface area contributed by atoms with Gasteiger partial charge in [0.15, 0.2) is 0 Å². The lowest BCUT2D eigenvalue weighted by Gasteiger charge is -2.13. The lowest BCUT2D eigenvalue weighted by Crippen LogP contribution is -1.91. The van der Waals surface area contributed by atoms with Crippen molar-refractivity contribution >= 4 is 32.6 Å². The average Bonchev–Trinajstić information content (AvgIpc) is 3.74. The van der Waals surface area contributed by atoms with Gasteiger partial charge in [0.2, 0.25) is 0 Å². The van der Waals surface area contributed by atoms with E-state index in [2.05, 4.69) is 4.98 Å². The molecule has 3 heterocycles. The van der Waals surface area contributed by atoms with Crippen LogP contribution in [-0.4, -0.2) is 9.97 Å². The molecule has 0 amide bonds. The number of hydrogen-bond donors (Lipinski definition) is 0. The molecule has 0 aliphatic carbocycles. The number of pyridine rings is 2. The molecule has 0 radical (unpaired) electrons. The van der Waals surface area contributed by atoms with Crippen molar-refractivity contribution in [2.24, 2.45) is 0 Å². The third-order valence-corrected chi connectivity index (χ3v) is 8.89. The van der Waals surface area contributed by atoms with E-state index in [0.717, 1.165) is 10.8 Å². The van der Waals surface area contributed by atoms with E-state index < -0.39 is 160 Å². The topological polar surface area (TPSA) is 38.9 Å². The van der Waals surface area contributed by atoms with Crippen molar-refractivity contribution in [3.8, 4) is 67.3 Å². The van der Waals surface area contributed by atoms with Gasteiger partial charge in [0, 0.05) is 44.8 Å². The Morgan fingerprint density at radius 2 is 0.925 bits per heavy atom. The Bertz CT molecular complexity index is 3940. The van der Waals surface area contributed by atoms with Crippen molar-refractivity contribution in [3.05, 3.63) is 194 Å². The summed E-state index contributed by atoms with van der Waals surface area (Å²) in [7, 11) is 0. The molecular formula is C50H32N2O. The van der Waals surface area contributed by atoms with Crippen molar-refractivity contribution in [3.63, 3.8) is 0 Å². The number of fused-ring (bicyclic) bond motifs is 4. The normalized spacial score (nSPS) is 16.4. The molecule has 0 saturated heterocycles. The smallest absolute Gasteiger partial charge is 0.143 e. The Balaban J connectivity index is 1.32. The summed E-state index contributed by atoms with van der Waals surface area (Å²) in [6.45, 7) is 0. The Hall–Kier alpha value is -7.10. The summed E-state index contributed by atoms with van der Waals surface area (Å²) in [6, 6.07) is 5.40. The SMILES string of the molecule is [2H]c1c([2H])c([2H])c(-c2oc(-c3c([2H])c([2H])c([2H])c([2H])c3[2H])c(-c3c([2H])c([2H])c(-c4ccc(-c5ccc6ccc7cccnc7c6n5)c5ccccc45)c([2H])c3[2H])c2-c2c([2H])c([2H])c([2H])c([2H])c2[2H])c([2H])c1[2H]. The number of nitrogens with zero attached hydrogens (tertiary/aromatic N) is 2. The Labute approximate surface area is 334 Å². The molecule has 0 N–H and O–H groups in total. The van der Waals surface area contributed by atoms with Gasteiger partial charge in [-0.25, -0.2) is 4.98 Å². The molecule has 7 aromatic carbocycles. The largest absolute Gasteiger partial charge is 0.455 e. The van der Waals surface area contributed by atoms with Crippen molar-refractivity contribution in [1.29, 1.82) is 0 Å². The van der Waals surface area contributed by atoms with Gasteiger partial charge in [-0.15, -0.1) is 0 Å². The number of hydrogen-bond acceptors (Lipinski definition) is 3. The first-order chi connectivity index (χ1) is 34.2. The Morgan fingerprint density at radius 1 is 0.415 bits per heavy atom. The van der Waals surface area contributed by atoms with Crippen LogP contribution >= 0.6 is 0 Å². The lowest BCUT2D eigenvalue weighted by molar-refractivity contribution is 0.599. The minimum atomic E-state index is -0.937. The van der Waals surface area contributed by atoms with E-state index >= 15 is 0 Å². The first-order valence-corrected chi connectivity index (χ1v) is 16.4. The summed E-state index contributed by atoms with van der Waals surface area (Å²) in [5.41, 5.74) is -1.73. The fraction of sp³-hybridized carbons (Fsp3) is 0. The second-order valence-electron chi connectivity index (χ2n) is 11.9. The molecular weight excluding hydrogens is 645 g/mol. The molecule has 3 aromatic heterocycles. The molecule has 0 atom stereocenters. The molecule has 0 unspecified atom stereocenters. The van der Waals surface area contributed by atoms with Crippen LogP contribution < -0.4 is 0 Å². The monoisotopic (exact) mass is 695 g/mol. The minimum Gasteiger partial charge on any atom is -0.455 e. The molecule has 10 rings (SSSR count). The van der Waals surface area contributed by atoms with Crippen LogP contribution in [-0.2, 0) is 0 Å². The highest BCUT2D eigenvalue weighted by Crippen LogP contribution is 2.49. The molecule has 10 aromatic rings. The third-order valence-electron chi connectivity index (χ3n) is 8.89. The zero-order valence-electron chi connectivity index (χ0n) is 46.3. The van der Waals surface area contributed by atoms with Crippen LogP contribution in [0.4, 0.5) is 0 Å². The second kappa shape index (κ2) is 12.9. The quantitative estimate of drug-likeness (QED) is 0.163. The van der Waals surface area contributed by atoms with Crippen LogP contribution in [0.2, 0.25) is 0 Å². The van der Waals surface area contributed by atoms with Gasteiger partial charge in [-0.1, -0.05) is 175 Å². The van der Waals surface area contributed by atoms with Gasteiger partial charge in [-0.3, -0.25) is 4.98 Å². The molecule has 0 bridgehead atoms. The maximum atomic E-state index is 9.75. The molecule has 0 spiro atoms. The van der Waals surface area contributed by atoms with Gasteiger partial charge < -0.3 is 4.42 Å². The minimum absolute atomic E-state index is 0.207. The summed E-state index contributed by atoms with van der Waals surface area (Å²) in [5, 5.41) is 2.87. The molecule has 53 heavy (non-hydrogen) atoms. The summed E-state index contributed by atoms with van der Waals surface area (Å²) >= 11 is 0. The van der Waals surface area contributed by atoms with E-state index in [4.69, 9.17) is 30.0 Å². The predicted molar refractivity (Wildman–Crippen MR) is 219 cm³/mol. The molecule has 0 aliphatic heterocycles. The highest BCUT2D eigenvalue weighted by Gasteiger charge is 2.25. The van der Waals surface area contributed by atoms with Crippen LogP contribution in [0.1, 0.15) is 26.0 Å². The highest BCUT2D eigenvalue weighted by atomic mass is 16.3.